The second-order valence-corrected chi connectivity index (χ2v) is 8.99. The Morgan fingerprint density at radius 1 is 0.946 bits per heavy atom. The fourth-order valence-corrected chi connectivity index (χ4v) is 4.82. The van der Waals surface area contributed by atoms with Gasteiger partial charge in [0.05, 0.1) is 7.11 Å². The number of benzene rings is 2. The Morgan fingerprint density at radius 2 is 1.62 bits per heavy atom. The summed E-state index contributed by atoms with van der Waals surface area (Å²) in [6.07, 6.45) is -2.57. The molecule has 3 amide bonds. The molecular formula is C26H28F3N3O5. The van der Waals surface area contributed by atoms with E-state index in [4.69, 9.17) is 4.74 Å². The molecule has 11 heteroatoms. The van der Waals surface area contributed by atoms with E-state index in [0.29, 0.717) is 44.5 Å². The minimum Gasteiger partial charge on any atom is -0.497 e. The number of methoxy groups -OCH3 is 1. The molecule has 4 rings (SSSR count). The second-order valence-electron chi connectivity index (χ2n) is 8.99. The molecule has 2 fully saturated rings. The van der Waals surface area contributed by atoms with Crippen molar-refractivity contribution in [3.05, 3.63) is 59.7 Å². The summed E-state index contributed by atoms with van der Waals surface area (Å²) in [7, 11) is 1.56. The molecular weight excluding hydrogens is 491 g/mol. The van der Waals surface area contributed by atoms with Gasteiger partial charge in [-0.2, -0.15) is 0 Å². The fourth-order valence-electron chi connectivity index (χ4n) is 4.82. The minimum atomic E-state index is -4.83. The molecule has 198 valence electrons. The molecule has 0 unspecified atom stereocenters. The molecule has 2 saturated heterocycles. The maximum Gasteiger partial charge on any atom is 0.573 e. The number of alkyl halides is 3. The van der Waals surface area contributed by atoms with Crippen molar-refractivity contribution < 1.29 is 37.0 Å². The number of rotatable bonds is 7. The summed E-state index contributed by atoms with van der Waals surface area (Å²) in [5, 5.41) is 2.89. The first-order valence-corrected chi connectivity index (χ1v) is 12.0. The summed E-state index contributed by atoms with van der Waals surface area (Å²) in [5.74, 6) is -0.754. The van der Waals surface area contributed by atoms with Crippen molar-refractivity contribution in [1.29, 1.82) is 0 Å². The third-order valence-corrected chi connectivity index (χ3v) is 6.57. The van der Waals surface area contributed by atoms with E-state index in [-0.39, 0.29) is 23.9 Å². The molecule has 2 aliphatic rings. The maximum absolute atomic E-state index is 13.5. The average molecular weight is 520 g/mol. The van der Waals surface area contributed by atoms with E-state index in [9.17, 15) is 27.6 Å². The molecule has 2 aromatic rings. The van der Waals surface area contributed by atoms with Gasteiger partial charge >= 0.3 is 6.36 Å². The van der Waals surface area contributed by atoms with Crippen molar-refractivity contribution in [3.63, 3.8) is 0 Å². The monoisotopic (exact) mass is 519 g/mol. The van der Waals surface area contributed by atoms with Crippen LogP contribution in [-0.4, -0.2) is 66.2 Å². The van der Waals surface area contributed by atoms with Crippen LogP contribution in [0.4, 0.5) is 13.2 Å². The number of carbonyl (C=O) groups is 3. The highest BCUT2D eigenvalue weighted by Gasteiger charge is 2.42. The molecule has 2 aromatic carbocycles. The van der Waals surface area contributed by atoms with Crippen LogP contribution in [0, 0.1) is 0 Å². The van der Waals surface area contributed by atoms with Crippen LogP contribution >= 0.6 is 0 Å². The van der Waals surface area contributed by atoms with Crippen molar-refractivity contribution in [3.8, 4) is 11.5 Å². The highest BCUT2D eigenvalue weighted by Crippen LogP contribution is 2.28. The molecule has 37 heavy (non-hydrogen) atoms. The summed E-state index contributed by atoms with van der Waals surface area (Å²) < 4.78 is 46.3. The lowest BCUT2D eigenvalue weighted by atomic mass is 10.1. The number of amides is 3. The molecule has 2 atom stereocenters. The number of hydrogen-bond acceptors (Lipinski definition) is 5. The molecule has 2 aliphatic heterocycles. The topological polar surface area (TPSA) is 88.2 Å². The van der Waals surface area contributed by atoms with Crippen LogP contribution in [-0.2, 0) is 16.1 Å². The molecule has 0 spiro atoms. The zero-order valence-electron chi connectivity index (χ0n) is 20.3. The largest absolute Gasteiger partial charge is 0.573 e. The maximum atomic E-state index is 13.5. The van der Waals surface area contributed by atoms with Gasteiger partial charge in [-0.3, -0.25) is 14.4 Å². The van der Waals surface area contributed by atoms with Crippen LogP contribution in [0.1, 0.15) is 41.6 Å². The van der Waals surface area contributed by atoms with E-state index in [1.165, 1.54) is 21.9 Å². The lowest BCUT2D eigenvalue weighted by Crippen LogP contribution is -2.52. The summed E-state index contributed by atoms with van der Waals surface area (Å²) in [5.41, 5.74) is 1.02. The Hall–Kier alpha value is -3.76. The van der Waals surface area contributed by atoms with Gasteiger partial charge in [-0.1, -0.05) is 12.1 Å². The van der Waals surface area contributed by atoms with Gasteiger partial charge in [0.1, 0.15) is 23.6 Å². The van der Waals surface area contributed by atoms with Crippen molar-refractivity contribution >= 4 is 17.7 Å². The predicted octanol–water partition coefficient (Wildman–Crippen LogP) is 3.51. The van der Waals surface area contributed by atoms with Crippen LogP contribution < -0.4 is 14.8 Å². The van der Waals surface area contributed by atoms with E-state index in [2.05, 4.69) is 10.1 Å². The SMILES string of the molecule is COc1cccc(CNC(=O)[C@H]2CCCN2C(=O)[C@H]2CCCN2C(=O)c2ccc(OC(F)(F)F)cc2)c1. The zero-order valence-corrected chi connectivity index (χ0v) is 20.3. The predicted molar refractivity (Wildman–Crippen MR) is 127 cm³/mol. The standard InChI is InChI=1S/C26H28F3N3O5/c1-36-20-6-2-5-17(15-20)16-30-23(33)21-7-3-13-31(21)25(35)22-8-4-14-32(22)24(34)18-9-11-19(12-10-18)37-26(27,28)29/h2,5-6,9-12,15,21-22H,3-4,7-8,13-14,16H2,1H3,(H,30,33)/t21-,22-/m1/s1. The van der Waals surface area contributed by atoms with Crippen LogP contribution in [0.2, 0.25) is 0 Å². The lowest BCUT2D eigenvalue weighted by Gasteiger charge is -2.31. The molecule has 0 aromatic heterocycles. The second kappa shape index (κ2) is 11.1. The Kier molecular flexibility index (Phi) is 7.89. The van der Waals surface area contributed by atoms with Crippen molar-refractivity contribution in [2.45, 2.75) is 50.7 Å². The first-order valence-electron chi connectivity index (χ1n) is 12.0. The lowest BCUT2D eigenvalue weighted by molar-refractivity contribution is -0.274. The van der Waals surface area contributed by atoms with E-state index in [0.717, 1.165) is 17.7 Å². The third kappa shape index (κ3) is 6.33. The quantitative estimate of drug-likeness (QED) is 0.605. The highest BCUT2D eigenvalue weighted by atomic mass is 19.4. The number of hydrogen-bond donors (Lipinski definition) is 1. The highest BCUT2D eigenvalue weighted by molar-refractivity contribution is 5.99. The van der Waals surface area contributed by atoms with Crippen LogP contribution in [0.25, 0.3) is 0 Å². The van der Waals surface area contributed by atoms with Gasteiger partial charge in [0.15, 0.2) is 0 Å². The van der Waals surface area contributed by atoms with E-state index in [1.54, 1.807) is 7.11 Å². The van der Waals surface area contributed by atoms with Crippen LogP contribution in [0.3, 0.4) is 0 Å². The molecule has 0 radical (unpaired) electrons. The zero-order chi connectivity index (χ0) is 26.6. The summed E-state index contributed by atoms with van der Waals surface area (Å²) >= 11 is 0. The Bertz CT molecular complexity index is 1140. The minimum absolute atomic E-state index is 0.156. The first kappa shape index (κ1) is 26.3. The van der Waals surface area contributed by atoms with Gasteiger partial charge in [0.2, 0.25) is 11.8 Å². The number of ether oxygens (including phenoxy) is 2. The van der Waals surface area contributed by atoms with Gasteiger partial charge in [0.25, 0.3) is 5.91 Å². The van der Waals surface area contributed by atoms with Gasteiger partial charge in [-0.25, -0.2) is 0 Å². The van der Waals surface area contributed by atoms with Gasteiger partial charge in [-0.05, 0) is 67.6 Å². The Morgan fingerprint density at radius 3 is 2.30 bits per heavy atom. The van der Waals surface area contributed by atoms with Crippen molar-refractivity contribution in [2.75, 3.05) is 20.2 Å². The fraction of sp³-hybridized carbons (Fsp3) is 0.423. The van der Waals surface area contributed by atoms with Gasteiger partial charge in [0, 0.05) is 25.2 Å². The molecule has 0 saturated carbocycles. The molecule has 2 heterocycles. The first-order chi connectivity index (χ1) is 17.7. The van der Waals surface area contributed by atoms with Gasteiger partial charge in [-0.15, -0.1) is 13.2 Å². The summed E-state index contributed by atoms with van der Waals surface area (Å²) in [6.45, 7) is 1.05. The molecule has 0 aliphatic carbocycles. The molecule has 8 nitrogen and oxygen atoms in total. The van der Waals surface area contributed by atoms with Crippen LogP contribution in [0.5, 0.6) is 11.5 Å². The third-order valence-electron chi connectivity index (χ3n) is 6.57. The van der Waals surface area contributed by atoms with Crippen LogP contribution in [0.15, 0.2) is 48.5 Å². The van der Waals surface area contributed by atoms with Gasteiger partial charge < -0.3 is 24.6 Å². The average Bonchev–Trinajstić information content (AvgIpc) is 3.56. The Labute approximate surface area is 212 Å². The van der Waals surface area contributed by atoms with E-state index >= 15 is 0 Å². The molecule has 1 N–H and O–H groups in total. The summed E-state index contributed by atoms with van der Waals surface area (Å²) in [6, 6.07) is 10.6. The molecule has 0 bridgehead atoms. The number of halogens is 3. The van der Waals surface area contributed by atoms with Crippen molar-refractivity contribution in [1.82, 2.24) is 15.1 Å². The summed E-state index contributed by atoms with van der Waals surface area (Å²) in [4.78, 5) is 42.5. The van der Waals surface area contributed by atoms with Crippen molar-refractivity contribution in [2.24, 2.45) is 0 Å². The van der Waals surface area contributed by atoms with E-state index < -0.39 is 30.1 Å². The smallest absolute Gasteiger partial charge is 0.497 e. The Balaban J connectivity index is 1.39. The number of nitrogens with one attached hydrogen (secondary N) is 1. The number of carbonyl (C=O) groups excluding carboxylic acids is 3. The number of nitrogens with zero attached hydrogens (tertiary/aromatic N) is 2. The normalized spacial score (nSPS) is 19.6. The van der Waals surface area contributed by atoms with E-state index in [1.807, 2.05) is 24.3 Å². The number of likely N-dealkylation sites (tertiary alicyclic amines) is 2.